The molecule has 0 radical (unpaired) electrons. The van der Waals surface area contributed by atoms with Crippen molar-refractivity contribution in [2.24, 2.45) is 0 Å². The van der Waals surface area contributed by atoms with Crippen molar-refractivity contribution in [3.63, 3.8) is 0 Å². The van der Waals surface area contributed by atoms with Gasteiger partial charge in [0.25, 0.3) is 11.4 Å². The third-order valence-electron chi connectivity index (χ3n) is 2.16. The molecule has 11 nitrogen and oxygen atoms in total. The maximum atomic E-state index is 11.0. The number of carboxylic acids is 2. The number of nitro benzene ring substituents is 2. The van der Waals surface area contributed by atoms with E-state index in [0.29, 0.717) is 12.1 Å². The van der Waals surface area contributed by atoms with E-state index in [2.05, 4.69) is 5.32 Å². The molecule has 0 atom stereocenters. The standard InChI is InChI=1S/C9H7N3O8/c13-7(14)3-10-8-5(9(15)16)1-4(11(17)18)2-6(8)12(19)20/h1-2,10H,3H2,(H,13,14)(H,15,16). The zero-order valence-corrected chi connectivity index (χ0v) is 9.60. The summed E-state index contributed by atoms with van der Waals surface area (Å²) < 4.78 is 0. The summed E-state index contributed by atoms with van der Waals surface area (Å²) in [5, 5.41) is 40.9. The molecule has 0 aromatic heterocycles. The first-order valence-electron chi connectivity index (χ1n) is 4.89. The predicted molar refractivity (Wildman–Crippen MR) is 62.8 cm³/mol. The van der Waals surface area contributed by atoms with Gasteiger partial charge in [-0.25, -0.2) is 4.79 Å². The minimum Gasteiger partial charge on any atom is -0.480 e. The summed E-state index contributed by atoms with van der Waals surface area (Å²) in [6.07, 6.45) is 0. The van der Waals surface area contributed by atoms with Crippen molar-refractivity contribution in [1.29, 1.82) is 0 Å². The number of aliphatic carboxylic acids is 1. The number of hydrogen-bond acceptors (Lipinski definition) is 7. The van der Waals surface area contributed by atoms with Gasteiger partial charge in [0.1, 0.15) is 12.2 Å². The Kier molecular flexibility index (Phi) is 4.15. The van der Waals surface area contributed by atoms with Crippen molar-refractivity contribution in [2.45, 2.75) is 0 Å². The molecule has 11 heteroatoms. The number of nitro groups is 2. The van der Waals surface area contributed by atoms with Crippen molar-refractivity contribution in [3.05, 3.63) is 37.9 Å². The zero-order valence-electron chi connectivity index (χ0n) is 9.60. The number of non-ortho nitro benzene ring substituents is 1. The molecule has 20 heavy (non-hydrogen) atoms. The molecule has 1 aromatic carbocycles. The van der Waals surface area contributed by atoms with Crippen LogP contribution >= 0.6 is 0 Å². The van der Waals surface area contributed by atoms with Gasteiger partial charge >= 0.3 is 11.9 Å². The van der Waals surface area contributed by atoms with E-state index < -0.39 is 51.0 Å². The van der Waals surface area contributed by atoms with Gasteiger partial charge in [0.05, 0.1) is 21.5 Å². The number of hydrogen-bond donors (Lipinski definition) is 3. The van der Waals surface area contributed by atoms with Crippen LogP contribution in [0.15, 0.2) is 12.1 Å². The van der Waals surface area contributed by atoms with E-state index in [0.717, 1.165) is 0 Å². The first kappa shape index (κ1) is 14.8. The van der Waals surface area contributed by atoms with Crippen molar-refractivity contribution in [3.8, 4) is 0 Å². The van der Waals surface area contributed by atoms with Crippen LogP contribution in [-0.2, 0) is 4.79 Å². The fourth-order valence-electron chi connectivity index (χ4n) is 1.38. The quantitative estimate of drug-likeness (QED) is 0.501. The number of benzene rings is 1. The molecule has 0 fully saturated rings. The zero-order chi connectivity index (χ0) is 15.4. The lowest BCUT2D eigenvalue weighted by Crippen LogP contribution is -2.16. The second kappa shape index (κ2) is 5.60. The third-order valence-corrected chi connectivity index (χ3v) is 2.16. The monoisotopic (exact) mass is 285 g/mol. The number of carboxylic acid groups (broad SMARTS) is 2. The van der Waals surface area contributed by atoms with Gasteiger partial charge in [-0.2, -0.15) is 0 Å². The van der Waals surface area contributed by atoms with Crippen LogP contribution in [0.25, 0.3) is 0 Å². The molecule has 0 saturated carbocycles. The SMILES string of the molecule is O=C(O)CNc1c(C(=O)O)cc([N+](=O)[O-])cc1[N+](=O)[O-]. The van der Waals surface area contributed by atoms with Crippen LogP contribution in [0.5, 0.6) is 0 Å². The summed E-state index contributed by atoms with van der Waals surface area (Å²) in [5.74, 6) is -3.04. The molecule has 0 unspecified atom stereocenters. The van der Waals surface area contributed by atoms with Gasteiger partial charge in [0.2, 0.25) is 0 Å². The van der Waals surface area contributed by atoms with E-state index in [4.69, 9.17) is 10.2 Å². The van der Waals surface area contributed by atoms with E-state index >= 15 is 0 Å². The third kappa shape index (κ3) is 3.16. The number of carbonyl (C=O) groups is 2. The van der Waals surface area contributed by atoms with Crippen LogP contribution in [0.3, 0.4) is 0 Å². The summed E-state index contributed by atoms with van der Waals surface area (Å²) in [6.45, 7) is -0.779. The lowest BCUT2D eigenvalue weighted by molar-refractivity contribution is -0.393. The van der Waals surface area contributed by atoms with Crippen LogP contribution in [0, 0.1) is 20.2 Å². The highest BCUT2D eigenvalue weighted by Gasteiger charge is 2.27. The molecule has 0 spiro atoms. The molecular weight excluding hydrogens is 278 g/mol. The Morgan fingerprint density at radius 1 is 1.15 bits per heavy atom. The maximum absolute atomic E-state index is 11.0. The summed E-state index contributed by atoms with van der Waals surface area (Å²) >= 11 is 0. The van der Waals surface area contributed by atoms with E-state index in [-0.39, 0.29) is 0 Å². The fraction of sp³-hybridized carbons (Fsp3) is 0.111. The molecule has 0 aliphatic rings. The molecule has 0 amide bonds. The molecule has 1 rings (SSSR count). The van der Waals surface area contributed by atoms with Crippen molar-refractivity contribution < 1.29 is 29.6 Å². The summed E-state index contributed by atoms with van der Waals surface area (Å²) in [4.78, 5) is 40.8. The van der Waals surface area contributed by atoms with Gasteiger partial charge in [0.15, 0.2) is 0 Å². The molecular formula is C9H7N3O8. The van der Waals surface area contributed by atoms with Crippen LogP contribution in [0.1, 0.15) is 10.4 Å². The summed E-state index contributed by atoms with van der Waals surface area (Å²) in [7, 11) is 0. The highest BCUT2D eigenvalue weighted by Crippen LogP contribution is 2.33. The van der Waals surface area contributed by atoms with E-state index in [1.807, 2.05) is 0 Å². The number of aromatic carboxylic acids is 1. The van der Waals surface area contributed by atoms with Gasteiger partial charge in [-0.15, -0.1) is 0 Å². The van der Waals surface area contributed by atoms with Crippen LogP contribution in [0.4, 0.5) is 17.1 Å². The molecule has 0 bridgehead atoms. The Hall–Kier alpha value is -3.24. The number of anilines is 1. The summed E-state index contributed by atoms with van der Waals surface area (Å²) in [6, 6.07) is 1.16. The van der Waals surface area contributed by atoms with E-state index in [9.17, 15) is 29.8 Å². The van der Waals surface area contributed by atoms with Crippen molar-refractivity contribution in [2.75, 3.05) is 11.9 Å². The highest BCUT2D eigenvalue weighted by atomic mass is 16.6. The fourth-order valence-corrected chi connectivity index (χ4v) is 1.38. The van der Waals surface area contributed by atoms with E-state index in [1.54, 1.807) is 0 Å². The minimum absolute atomic E-state index is 0.552. The average molecular weight is 285 g/mol. The normalized spacial score (nSPS) is 9.80. The molecule has 1 aromatic rings. The van der Waals surface area contributed by atoms with Gasteiger partial charge in [0, 0.05) is 6.07 Å². The van der Waals surface area contributed by atoms with Gasteiger partial charge in [-0.05, 0) is 0 Å². The molecule has 0 heterocycles. The van der Waals surface area contributed by atoms with Gasteiger partial charge in [-0.1, -0.05) is 0 Å². The molecule has 0 saturated heterocycles. The largest absolute Gasteiger partial charge is 0.480 e. The first-order valence-corrected chi connectivity index (χ1v) is 4.89. The number of nitrogens with zero attached hydrogens (tertiary/aromatic N) is 2. The molecule has 0 aliphatic carbocycles. The maximum Gasteiger partial charge on any atom is 0.338 e. The van der Waals surface area contributed by atoms with Crippen LogP contribution in [-0.4, -0.2) is 38.5 Å². The predicted octanol–water partition coefficient (Wildman–Crippen LogP) is 0.698. The van der Waals surface area contributed by atoms with E-state index in [1.165, 1.54) is 0 Å². The summed E-state index contributed by atoms with van der Waals surface area (Å²) in [5.41, 5.74) is -3.03. The Labute approximate surface area is 109 Å². The van der Waals surface area contributed by atoms with Crippen molar-refractivity contribution >= 4 is 29.0 Å². The Balaban J connectivity index is 3.50. The highest BCUT2D eigenvalue weighted by molar-refractivity contribution is 5.98. The smallest absolute Gasteiger partial charge is 0.338 e. The number of nitrogens with one attached hydrogen (secondary N) is 1. The van der Waals surface area contributed by atoms with Gasteiger partial charge < -0.3 is 15.5 Å². The second-order valence-electron chi connectivity index (χ2n) is 3.45. The Bertz CT molecular complexity index is 576. The number of rotatable bonds is 6. The first-order chi connectivity index (χ1) is 9.23. The molecule has 3 N–H and O–H groups in total. The minimum atomic E-state index is -1.66. The Morgan fingerprint density at radius 2 is 1.75 bits per heavy atom. The second-order valence-corrected chi connectivity index (χ2v) is 3.45. The topological polar surface area (TPSA) is 173 Å². The Morgan fingerprint density at radius 3 is 2.15 bits per heavy atom. The van der Waals surface area contributed by atoms with Crippen LogP contribution < -0.4 is 5.32 Å². The molecule has 106 valence electrons. The lowest BCUT2D eigenvalue weighted by Gasteiger charge is -2.08. The lowest BCUT2D eigenvalue weighted by atomic mass is 10.1. The van der Waals surface area contributed by atoms with Crippen molar-refractivity contribution in [1.82, 2.24) is 0 Å². The van der Waals surface area contributed by atoms with Gasteiger partial charge in [-0.3, -0.25) is 25.0 Å². The average Bonchev–Trinajstić information content (AvgIpc) is 2.34. The molecule has 0 aliphatic heterocycles. The van der Waals surface area contributed by atoms with Crippen LogP contribution in [0.2, 0.25) is 0 Å².